The van der Waals surface area contributed by atoms with Crippen LogP contribution in [-0.2, 0) is 4.79 Å². The Labute approximate surface area is 187 Å². The highest BCUT2D eigenvalue weighted by molar-refractivity contribution is 8.00. The van der Waals surface area contributed by atoms with Crippen molar-refractivity contribution in [3.05, 3.63) is 58.1 Å². The van der Waals surface area contributed by atoms with Gasteiger partial charge < -0.3 is 4.74 Å². The average Bonchev–Trinajstić information content (AvgIpc) is 2.99. The number of halogens is 2. The van der Waals surface area contributed by atoms with Crippen molar-refractivity contribution in [3.63, 3.8) is 0 Å². The molecule has 1 atom stereocenters. The fourth-order valence-corrected chi connectivity index (χ4v) is 5.46. The van der Waals surface area contributed by atoms with Crippen molar-refractivity contribution in [3.8, 4) is 11.5 Å². The van der Waals surface area contributed by atoms with Crippen molar-refractivity contribution < 1.29 is 14.1 Å². The lowest BCUT2D eigenvalue weighted by Crippen LogP contribution is -2.59. The standard InChI is InChI=1S/C22H27Cl2N2O2S/c1-22(2,3)14-26(4,5)25-20(27)13-29-21(25)15-7-6-8-16(11-15)28-17-9-10-18(23)19(24)12-17/h6-12,21H,13-14H2,1-5H3/q+1. The fourth-order valence-electron chi connectivity index (χ4n) is 3.89. The summed E-state index contributed by atoms with van der Waals surface area (Å²) in [6, 6.07) is 13.1. The van der Waals surface area contributed by atoms with E-state index in [1.807, 2.05) is 29.3 Å². The topological polar surface area (TPSA) is 29.5 Å². The Balaban J connectivity index is 1.86. The summed E-state index contributed by atoms with van der Waals surface area (Å²) in [5.41, 5.74) is 1.14. The summed E-state index contributed by atoms with van der Waals surface area (Å²) < 4.78 is 6.49. The number of rotatable bonds is 5. The third-order valence-corrected chi connectivity index (χ3v) is 6.50. The van der Waals surface area contributed by atoms with Crippen LogP contribution >= 0.6 is 35.0 Å². The molecular weight excluding hydrogens is 427 g/mol. The van der Waals surface area contributed by atoms with Crippen molar-refractivity contribution in [1.29, 1.82) is 0 Å². The number of carbonyl (C=O) groups excluding carboxylic acids is 1. The highest BCUT2D eigenvalue weighted by Gasteiger charge is 2.45. The molecule has 1 heterocycles. The van der Waals surface area contributed by atoms with E-state index < -0.39 is 0 Å². The third-order valence-electron chi connectivity index (χ3n) is 4.56. The molecule has 0 radical (unpaired) electrons. The van der Waals surface area contributed by atoms with Gasteiger partial charge in [0, 0.05) is 11.5 Å². The van der Waals surface area contributed by atoms with Crippen LogP contribution < -0.4 is 4.74 Å². The molecule has 0 aliphatic carbocycles. The van der Waals surface area contributed by atoms with E-state index in [1.165, 1.54) is 0 Å². The van der Waals surface area contributed by atoms with Crippen LogP contribution in [0.2, 0.25) is 10.0 Å². The van der Waals surface area contributed by atoms with Crippen molar-refractivity contribution in [2.45, 2.75) is 26.1 Å². The highest BCUT2D eigenvalue weighted by Crippen LogP contribution is 2.43. The van der Waals surface area contributed by atoms with Crippen LogP contribution in [0.25, 0.3) is 0 Å². The van der Waals surface area contributed by atoms with Gasteiger partial charge in [-0.05, 0) is 29.8 Å². The first-order valence-corrected chi connectivity index (χ1v) is 11.3. The largest absolute Gasteiger partial charge is 0.457 e. The van der Waals surface area contributed by atoms with E-state index in [1.54, 1.807) is 30.0 Å². The highest BCUT2D eigenvalue weighted by atomic mass is 35.5. The van der Waals surface area contributed by atoms with Crippen LogP contribution in [0, 0.1) is 5.41 Å². The Bertz CT molecular complexity index is 912. The van der Waals surface area contributed by atoms with Gasteiger partial charge in [-0.1, -0.05) is 56.1 Å². The molecule has 1 saturated heterocycles. The van der Waals surface area contributed by atoms with Crippen molar-refractivity contribution in [2.24, 2.45) is 5.41 Å². The number of ether oxygens (including phenoxy) is 1. The smallest absolute Gasteiger partial charge is 0.279 e. The number of quaternary nitrogens is 1. The maximum absolute atomic E-state index is 12.8. The van der Waals surface area contributed by atoms with Gasteiger partial charge in [0.25, 0.3) is 5.91 Å². The fraction of sp³-hybridized carbons (Fsp3) is 0.409. The molecule has 1 unspecified atom stereocenters. The van der Waals surface area contributed by atoms with Crippen LogP contribution in [-0.4, -0.2) is 41.9 Å². The molecule has 0 spiro atoms. The number of amides is 1. The lowest BCUT2D eigenvalue weighted by molar-refractivity contribution is -0.997. The first-order chi connectivity index (χ1) is 13.5. The van der Waals surface area contributed by atoms with Gasteiger partial charge in [0.1, 0.15) is 18.0 Å². The van der Waals surface area contributed by atoms with Gasteiger partial charge in [0.2, 0.25) is 0 Å². The van der Waals surface area contributed by atoms with E-state index in [0.29, 0.717) is 31.9 Å². The number of benzene rings is 2. The summed E-state index contributed by atoms with van der Waals surface area (Å²) in [5.74, 6) is 1.95. The van der Waals surface area contributed by atoms with E-state index in [9.17, 15) is 4.79 Å². The number of carbonyl (C=O) groups is 1. The normalized spacial score (nSPS) is 17.7. The van der Waals surface area contributed by atoms with E-state index in [4.69, 9.17) is 27.9 Å². The molecular formula is C22H27Cl2N2O2S+. The molecule has 1 aliphatic rings. The number of nitrogens with zero attached hydrogens (tertiary/aromatic N) is 2. The van der Waals surface area contributed by atoms with Gasteiger partial charge in [-0.3, -0.25) is 4.79 Å². The molecule has 1 amide bonds. The first kappa shape index (κ1) is 22.3. The number of hydrogen-bond acceptors (Lipinski definition) is 3. The molecule has 1 aliphatic heterocycles. The van der Waals surface area contributed by atoms with E-state index in [0.717, 1.165) is 12.1 Å². The second-order valence-corrected chi connectivity index (χ2v) is 10.9. The zero-order chi connectivity index (χ0) is 21.4. The van der Waals surface area contributed by atoms with Crippen LogP contribution in [0.4, 0.5) is 0 Å². The molecule has 0 bridgehead atoms. The lowest BCUT2D eigenvalue weighted by Gasteiger charge is -2.43. The Morgan fingerprint density at radius 2 is 1.79 bits per heavy atom. The van der Waals surface area contributed by atoms with Crippen molar-refractivity contribution in [1.82, 2.24) is 5.01 Å². The summed E-state index contributed by atoms with van der Waals surface area (Å²) in [6.45, 7) is 7.44. The summed E-state index contributed by atoms with van der Waals surface area (Å²) in [5, 5.41) is 2.86. The molecule has 29 heavy (non-hydrogen) atoms. The molecule has 0 N–H and O–H groups in total. The van der Waals surface area contributed by atoms with Gasteiger partial charge in [0.15, 0.2) is 5.37 Å². The molecule has 0 aromatic heterocycles. The molecule has 2 aromatic carbocycles. The van der Waals surface area contributed by atoms with Crippen LogP contribution in [0.1, 0.15) is 31.7 Å². The third kappa shape index (κ3) is 5.40. The molecule has 2 aromatic rings. The Kier molecular flexibility index (Phi) is 6.44. The van der Waals surface area contributed by atoms with Crippen molar-refractivity contribution in [2.75, 3.05) is 26.4 Å². The Morgan fingerprint density at radius 3 is 2.45 bits per heavy atom. The van der Waals surface area contributed by atoms with Crippen molar-refractivity contribution >= 4 is 40.9 Å². The lowest BCUT2D eigenvalue weighted by atomic mass is 9.96. The predicted molar refractivity (Wildman–Crippen MR) is 121 cm³/mol. The molecule has 0 saturated carbocycles. The van der Waals surface area contributed by atoms with Gasteiger partial charge in [-0.15, -0.1) is 11.8 Å². The molecule has 156 valence electrons. The van der Waals surface area contributed by atoms with Gasteiger partial charge >= 0.3 is 0 Å². The van der Waals surface area contributed by atoms with E-state index in [-0.39, 0.29) is 16.7 Å². The summed E-state index contributed by atoms with van der Waals surface area (Å²) in [6.07, 6.45) is 0. The second-order valence-electron chi connectivity index (χ2n) is 8.99. The molecule has 3 rings (SSSR count). The zero-order valence-electron chi connectivity index (χ0n) is 17.4. The minimum Gasteiger partial charge on any atom is -0.457 e. The van der Waals surface area contributed by atoms with Crippen LogP contribution in [0.15, 0.2) is 42.5 Å². The average molecular weight is 454 g/mol. The maximum Gasteiger partial charge on any atom is 0.279 e. The van der Waals surface area contributed by atoms with E-state index in [2.05, 4.69) is 34.9 Å². The minimum atomic E-state index is -0.0581. The first-order valence-electron chi connectivity index (χ1n) is 9.46. The molecule has 1 fully saturated rings. The summed E-state index contributed by atoms with van der Waals surface area (Å²) in [4.78, 5) is 12.8. The Morgan fingerprint density at radius 1 is 1.10 bits per heavy atom. The zero-order valence-corrected chi connectivity index (χ0v) is 19.7. The van der Waals surface area contributed by atoms with Crippen LogP contribution in [0.5, 0.6) is 11.5 Å². The van der Waals surface area contributed by atoms with Gasteiger partial charge in [-0.25, -0.2) is 4.59 Å². The molecule has 7 heteroatoms. The Hall–Kier alpha value is -1.40. The molecule has 4 nitrogen and oxygen atoms in total. The maximum atomic E-state index is 12.8. The predicted octanol–water partition coefficient (Wildman–Crippen LogP) is 6.40. The van der Waals surface area contributed by atoms with E-state index >= 15 is 0 Å². The summed E-state index contributed by atoms with van der Waals surface area (Å²) >= 11 is 13.7. The SMILES string of the molecule is CC(C)(C)C[N+](C)(C)N1C(=O)CSC1c1cccc(Oc2ccc(Cl)c(Cl)c2)c1. The minimum absolute atomic E-state index is 0.0581. The second kappa shape index (κ2) is 8.38. The summed E-state index contributed by atoms with van der Waals surface area (Å²) in [7, 11) is 4.19. The van der Waals surface area contributed by atoms with Gasteiger partial charge in [0.05, 0.1) is 29.9 Å². The van der Waals surface area contributed by atoms with Gasteiger partial charge in [-0.2, -0.15) is 5.01 Å². The quantitative estimate of drug-likeness (QED) is 0.490. The van der Waals surface area contributed by atoms with Crippen LogP contribution in [0.3, 0.4) is 0 Å². The number of thioether (sulfide) groups is 1. The monoisotopic (exact) mass is 453 g/mol. The number of hydrogen-bond donors (Lipinski definition) is 0.